The van der Waals surface area contributed by atoms with Crippen molar-refractivity contribution in [3.05, 3.63) is 29.3 Å². The molecule has 0 bridgehead atoms. The van der Waals surface area contributed by atoms with E-state index in [9.17, 15) is 4.39 Å². The summed E-state index contributed by atoms with van der Waals surface area (Å²) in [5, 5.41) is 0. The second-order valence-corrected chi connectivity index (χ2v) is 4.76. The van der Waals surface area contributed by atoms with E-state index in [1.807, 2.05) is 6.07 Å². The predicted molar refractivity (Wildman–Crippen MR) is 57.4 cm³/mol. The maximum Gasteiger partial charge on any atom is 0.128 e. The van der Waals surface area contributed by atoms with Gasteiger partial charge in [0, 0.05) is 11.5 Å². The molecule has 1 heterocycles. The first kappa shape index (κ1) is 8.89. The van der Waals surface area contributed by atoms with Gasteiger partial charge in [0.15, 0.2) is 0 Å². The number of hydrogen-bond donors (Lipinski definition) is 1. The fraction of sp³-hybridized carbons (Fsp3) is 0.417. The number of aryl methyl sites for hydroxylation is 1. The van der Waals surface area contributed by atoms with Crippen LogP contribution in [0.25, 0.3) is 11.0 Å². The average molecular weight is 204 g/mol. The van der Waals surface area contributed by atoms with Gasteiger partial charge in [-0.3, -0.25) is 0 Å². The van der Waals surface area contributed by atoms with Crippen molar-refractivity contribution in [2.75, 3.05) is 0 Å². The van der Waals surface area contributed by atoms with E-state index in [4.69, 9.17) is 0 Å². The number of nitrogens with one attached hydrogen (secondary N) is 1. The molecule has 78 valence electrons. The molecule has 3 heteroatoms. The Morgan fingerprint density at radius 3 is 2.80 bits per heavy atom. The Labute approximate surface area is 87.5 Å². The minimum atomic E-state index is -0.179. The average Bonchev–Trinajstić information content (AvgIpc) is 2.78. The van der Waals surface area contributed by atoms with Crippen molar-refractivity contribution < 1.29 is 4.39 Å². The van der Waals surface area contributed by atoms with Crippen molar-refractivity contribution in [1.82, 2.24) is 9.97 Å². The molecule has 0 unspecified atom stereocenters. The van der Waals surface area contributed by atoms with Crippen LogP contribution in [0, 0.1) is 12.7 Å². The smallest absolute Gasteiger partial charge is 0.128 e. The van der Waals surface area contributed by atoms with Gasteiger partial charge in [-0.05, 0) is 31.4 Å². The van der Waals surface area contributed by atoms with Crippen LogP contribution in [0.5, 0.6) is 0 Å². The van der Waals surface area contributed by atoms with E-state index in [0.717, 1.165) is 16.9 Å². The summed E-state index contributed by atoms with van der Waals surface area (Å²) < 4.78 is 13.3. The summed E-state index contributed by atoms with van der Waals surface area (Å²) in [5.74, 6) is 0.823. The number of aromatic nitrogens is 2. The van der Waals surface area contributed by atoms with E-state index in [2.05, 4.69) is 16.9 Å². The molecule has 1 aliphatic rings. The number of halogens is 1. The van der Waals surface area contributed by atoms with Crippen LogP contribution < -0.4 is 0 Å². The molecule has 3 rings (SSSR count). The van der Waals surface area contributed by atoms with Crippen molar-refractivity contribution in [1.29, 1.82) is 0 Å². The lowest BCUT2D eigenvalue weighted by atomic mass is 10.1. The molecule has 1 saturated carbocycles. The molecule has 1 N–H and O–H groups in total. The van der Waals surface area contributed by atoms with Gasteiger partial charge in [-0.15, -0.1) is 0 Å². The number of fused-ring (bicyclic) bond motifs is 1. The lowest BCUT2D eigenvalue weighted by Crippen LogP contribution is -2.01. The lowest BCUT2D eigenvalue weighted by molar-refractivity contribution is 0.620. The van der Waals surface area contributed by atoms with Gasteiger partial charge in [-0.25, -0.2) is 9.37 Å². The van der Waals surface area contributed by atoms with E-state index in [1.54, 1.807) is 6.92 Å². The minimum absolute atomic E-state index is 0.179. The summed E-state index contributed by atoms with van der Waals surface area (Å²) in [6.07, 6.45) is 2.35. The van der Waals surface area contributed by atoms with E-state index in [-0.39, 0.29) is 11.2 Å². The summed E-state index contributed by atoms with van der Waals surface area (Å²) in [4.78, 5) is 7.74. The fourth-order valence-corrected chi connectivity index (χ4v) is 1.85. The Bertz CT molecular complexity index is 499. The molecule has 1 aromatic heterocycles. The molecule has 0 amide bonds. The second kappa shape index (κ2) is 2.60. The Hall–Kier alpha value is -1.38. The Balaban J connectivity index is 2.22. The van der Waals surface area contributed by atoms with Crippen LogP contribution in [0.3, 0.4) is 0 Å². The highest BCUT2D eigenvalue weighted by Crippen LogP contribution is 2.46. The summed E-state index contributed by atoms with van der Waals surface area (Å²) in [7, 11) is 0. The monoisotopic (exact) mass is 204 g/mol. The highest BCUT2D eigenvalue weighted by molar-refractivity contribution is 5.76. The lowest BCUT2D eigenvalue weighted by Gasteiger charge is -2.00. The first-order valence-electron chi connectivity index (χ1n) is 5.25. The molecule has 2 nitrogen and oxygen atoms in total. The third kappa shape index (κ3) is 1.26. The van der Waals surface area contributed by atoms with E-state index >= 15 is 0 Å². The number of rotatable bonds is 1. The third-order valence-corrected chi connectivity index (χ3v) is 3.33. The number of H-pyrrole nitrogens is 1. The zero-order chi connectivity index (χ0) is 10.6. The first-order valence-corrected chi connectivity index (χ1v) is 5.25. The van der Waals surface area contributed by atoms with E-state index in [1.165, 1.54) is 18.9 Å². The molecule has 0 atom stereocenters. The van der Waals surface area contributed by atoms with Gasteiger partial charge >= 0.3 is 0 Å². The SMILES string of the molecule is Cc1cc2[nH]c(C3(C)CC3)nc2cc1F. The van der Waals surface area contributed by atoms with Crippen molar-refractivity contribution in [3.8, 4) is 0 Å². The van der Waals surface area contributed by atoms with Gasteiger partial charge in [0.2, 0.25) is 0 Å². The summed E-state index contributed by atoms with van der Waals surface area (Å²) in [6.45, 7) is 3.96. The molecule has 15 heavy (non-hydrogen) atoms. The topological polar surface area (TPSA) is 28.7 Å². The van der Waals surface area contributed by atoms with Crippen LogP contribution in [0.4, 0.5) is 4.39 Å². The maximum atomic E-state index is 13.3. The number of benzene rings is 1. The molecule has 0 radical (unpaired) electrons. The first-order chi connectivity index (χ1) is 7.08. The molecule has 2 aromatic rings. The van der Waals surface area contributed by atoms with Gasteiger partial charge in [0.1, 0.15) is 11.6 Å². The normalized spacial score (nSPS) is 18.3. The number of hydrogen-bond acceptors (Lipinski definition) is 1. The maximum absolute atomic E-state index is 13.3. The quantitative estimate of drug-likeness (QED) is 0.759. The molecular formula is C12H13FN2. The van der Waals surface area contributed by atoms with Crippen LogP contribution in [0.2, 0.25) is 0 Å². The van der Waals surface area contributed by atoms with Crippen LogP contribution in [-0.4, -0.2) is 9.97 Å². The van der Waals surface area contributed by atoms with Crippen molar-refractivity contribution in [3.63, 3.8) is 0 Å². The summed E-state index contributed by atoms with van der Waals surface area (Å²) in [6, 6.07) is 3.34. The van der Waals surface area contributed by atoms with Crippen molar-refractivity contribution in [2.24, 2.45) is 0 Å². The van der Waals surface area contributed by atoms with Crippen LogP contribution in [0.15, 0.2) is 12.1 Å². The number of imidazole rings is 1. The Kier molecular flexibility index (Phi) is 1.54. The summed E-state index contributed by atoms with van der Waals surface area (Å²) in [5.41, 5.74) is 2.56. The molecule has 1 fully saturated rings. The van der Waals surface area contributed by atoms with Crippen LogP contribution in [0.1, 0.15) is 31.2 Å². The van der Waals surface area contributed by atoms with Crippen LogP contribution in [-0.2, 0) is 5.41 Å². The fourth-order valence-electron chi connectivity index (χ4n) is 1.85. The Morgan fingerprint density at radius 2 is 2.13 bits per heavy atom. The molecule has 0 spiro atoms. The number of aromatic amines is 1. The van der Waals surface area contributed by atoms with Crippen LogP contribution >= 0.6 is 0 Å². The van der Waals surface area contributed by atoms with Crippen molar-refractivity contribution >= 4 is 11.0 Å². The summed E-state index contributed by atoms with van der Waals surface area (Å²) >= 11 is 0. The zero-order valence-electron chi connectivity index (χ0n) is 8.89. The van der Waals surface area contributed by atoms with Gasteiger partial charge in [-0.2, -0.15) is 0 Å². The predicted octanol–water partition coefficient (Wildman–Crippen LogP) is 3.06. The van der Waals surface area contributed by atoms with E-state index < -0.39 is 0 Å². The second-order valence-electron chi connectivity index (χ2n) is 4.76. The van der Waals surface area contributed by atoms with Gasteiger partial charge < -0.3 is 4.98 Å². The third-order valence-electron chi connectivity index (χ3n) is 3.33. The highest BCUT2D eigenvalue weighted by atomic mass is 19.1. The van der Waals surface area contributed by atoms with Crippen molar-refractivity contribution in [2.45, 2.75) is 32.1 Å². The highest BCUT2D eigenvalue weighted by Gasteiger charge is 2.41. The van der Waals surface area contributed by atoms with E-state index in [0.29, 0.717) is 5.56 Å². The molecule has 0 aliphatic heterocycles. The minimum Gasteiger partial charge on any atom is -0.342 e. The largest absolute Gasteiger partial charge is 0.342 e. The molecule has 1 aromatic carbocycles. The Morgan fingerprint density at radius 1 is 1.40 bits per heavy atom. The number of nitrogens with zero attached hydrogens (tertiary/aromatic N) is 1. The van der Waals surface area contributed by atoms with Gasteiger partial charge in [0.05, 0.1) is 11.0 Å². The standard InChI is InChI=1S/C12H13FN2/c1-7-5-9-10(6-8(7)13)15-11(14-9)12(2)3-4-12/h5-6H,3-4H2,1-2H3,(H,14,15). The van der Waals surface area contributed by atoms with Gasteiger partial charge in [0.25, 0.3) is 0 Å². The molecule has 0 saturated heterocycles. The molecule has 1 aliphatic carbocycles. The molecular weight excluding hydrogens is 191 g/mol. The zero-order valence-corrected chi connectivity index (χ0v) is 8.89. The van der Waals surface area contributed by atoms with Gasteiger partial charge in [-0.1, -0.05) is 6.92 Å².